The second kappa shape index (κ2) is 8.22. The Labute approximate surface area is 144 Å². The molecule has 0 aliphatic carbocycles. The molecule has 1 aromatic heterocycles. The average molecular weight is 326 g/mol. The van der Waals surface area contributed by atoms with Crippen LogP contribution in [0, 0.1) is 6.92 Å². The van der Waals surface area contributed by atoms with Crippen LogP contribution < -0.4 is 5.32 Å². The molecule has 3 rings (SSSR count). The molecule has 128 valence electrons. The number of hydrogen-bond donors (Lipinski definition) is 1. The number of rotatable bonds is 7. The molecule has 1 atom stereocenters. The highest BCUT2D eigenvalue weighted by Crippen LogP contribution is 2.17. The van der Waals surface area contributed by atoms with Crippen molar-refractivity contribution in [3.05, 3.63) is 53.5 Å². The van der Waals surface area contributed by atoms with Crippen LogP contribution in [0.4, 0.5) is 5.82 Å². The number of likely N-dealkylation sites (tertiary alicyclic amines) is 1. The van der Waals surface area contributed by atoms with Crippen molar-refractivity contribution in [2.24, 2.45) is 0 Å². The molecule has 1 fully saturated rings. The molecule has 1 aliphatic heterocycles. The van der Waals surface area contributed by atoms with Crippen molar-refractivity contribution in [2.45, 2.75) is 39.5 Å². The van der Waals surface area contributed by atoms with Crippen molar-refractivity contribution in [1.29, 1.82) is 0 Å². The van der Waals surface area contributed by atoms with Crippen LogP contribution in [-0.4, -0.2) is 40.6 Å². The SMILES string of the molecule is CCOCc1nc(C)cc(NC2CCN(Cc3ccccc3)C2)n1. The number of ether oxygens (including phenoxy) is 1. The van der Waals surface area contributed by atoms with Crippen LogP contribution in [0.3, 0.4) is 0 Å². The fourth-order valence-corrected chi connectivity index (χ4v) is 3.11. The minimum atomic E-state index is 0.433. The predicted octanol–water partition coefficient (Wildman–Crippen LogP) is 3.01. The van der Waals surface area contributed by atoms with E-state index in [1.54, 1.807) is 0 Å². The third kappa shape index (κ3) is 4.76. The topological polar surface area (TPSA) is 50.3 Å². The molecule has 1 aliphatic rings. The van der Waals surface area contributed by atoms with Gasteiger partial charge >= 0.3 is 0 Å². The van der Waals surface area contributed by atoms with Crippen molar-refractivity contribution in [2.75, 3.05) is 25.0 Å². The number of nitrogens with zero attached hydrogens (tertiary/aromatic N) is 3. The van der Waals surface area contributed by atoms with Crippen molar-refractivity contribution in [3.8, 4) is 0 Å². The lowest BCUT2D eigenvalue weighted by molar-refractivity contribution is 0.128. The molecule has 0 radical (unpaired) electrons. The summed E-state index contributed by atoms with van der Waals surface area (Å²) < 4.78 is 5.42. The quantitative estimate of drug-likeness (QED) is 0.847. The number of hydrogen-bond acceptors (Lipinski definition) is 5. The van der Waals surface area contributed by atoms with Crippen molar-refractivity contribution in [1.82, 2.24) is 14.9 Å². The number of benzene rings is 1. The minimum Gasteiger partial charge on any atom is -0.374 e. The lowest BCUT2D eigenvalue weighted by atomic mass is 10.2. The molecule has 0 spiro atoms. The van der Waals surface area contributed by atoms with Crippen LogP contribution in [0.25, 0.3) is 0 Å². The number of aromatic nitrogens is 2. The molecule has 1 N–H and O–H groups in total. The molecular weight excluding hydrogens is 300 g/mol. The molecule has 1 unspecified atom stereocenters. The van der Waals surface area contributed by atoms with E-state index in [0.29, 0.717) is 19.3 Å². The summed E-state index contributed by atoms with van der Waals surface area (Å²) in [6.45, 7) is 8.29. The van der Waals surface area contributed by atoms with Gasteiger partial charge in [0, 0.05) is 44.0 Å². The van der Waals surface area contributed by atoms with Gasteiger partial charge in [0.05, 0.1) is 0 Å². The first kappa shape index (κ1) is 16.9. The van der Waals surface area contributed by atoms with E-state index in [-0.39, 0.29) is 0 Å². The van der Waals surface area contributed by atoms with Gasteiger partial charge in [0.15, 0.2) is 5.82 Å². The van der Waals surface area contributed by atoms with Crippen LogP contribution in [0.2, 0.25) is 0 Å². The fourth-order valence-electron chi connectivity index (χ4n) is 3.11. The van der Waals surface area contributed by atoms with E-state index in [9.17, 15) is 0 Å². The van der Waals surface area contributed by atoms with Gasteiger partial charge in [-0.1, -0.05) is 30.3 Å². The molecule has 0 bridgehead atoms. The molecule has 2 aromatic rings. The molecule has 1 aromatic carbocycles. The first-order valence-corrected chi connectivity index (χ1v) is 8.68. The monoisotopic (exact) mass is 326 g/mol. The number of nitrogens with one attached hydrogen (secondary N) is 1. The Bertz CT molecular complexity index is 647. The lowest BCUT2D eigenvalue weighted by Crippen LogP contribution is -2.26. The summed E-state index contributed by atoms with van der Waals surface area (Å²) in [6, 6.07) is 13.1. The third-order valence-corrected chi connectivity index (χ3v) is 4.21. The zero-order valence-corrected chi connectivity index (χ0v) is 14.5. The molecule has 24 heavy (non-hydrogen) atoms. The van der Waals surface area contributed by atoms with Crippen LogP contribution in [0.5, 0.6) is 0 Å². The van der Waals surface area contributed by atoms with Crippen LogP contribution in [0.15, 0.2) is 36.4 Å². The van der Waals surface area contributed by atoms with E-state index < -0.39 is 0 Å². The summed E-state index contributed by atoms with van der Waals surface area (Å²) in [5.74, 6) is 1.65. The van der Waals surface area contributed by atoms with Crippen molar-refractivity contribution >= 4 is 5.82 Å². The van der Waals surface area contributed by atoms with Crippen LogP contribution >= 0.6 is 0 Å². The smallest absolute Gasteiger partial charge is 0.156 e. The van der Waals surface area contributed by atoms with Gasteiger partial charge in [-0.15, -0.1) is 0 Å². The predicted molar refractivity (Wildman–Crippen MR) is 95.8 cm³/mol. The van der Waals surface area contributed by atoms with Gasteiger partial charge in [-0.3, -0.25) is 4.90 Å². The van der Waals surface area contributed by atoms with Gasteiger partial charge in [0.2, 0.25) is 0 Å². The van der Waals surface area contributed by atoms with E-state index >= 15 is 0 Å². The minimum absolute atomic E-state index is 0.433. The van der Waals surface area contributed by atoms with E-state index in [4.69, 9.17) is 4.74 Å². The van der Waals surface area contributed by atoms with Gasteiger partial charge in [0.25, 0.3) is 0 Å². The van der Waals surface area contributed by atoms with Gasteiger partial charge in [-0.2, -0.15) is 0 Å². The maximum absolute atomic E-state index is 5.42. The molecule has 0 saturated carbocycles. The molecule has 5 heteroatoms. The Morgan fingerprint density at radius 3 is 2.88 bits per heavy atom. The van der Waals surface area contributed by atoms with Gasteiger partial charge in [-0.25, -0.2) is 9.97 Å². The largest absolute Gasteiger partial charge is 0.374 e. The van der Waals surface area contributed by atoms with E-state index in [1.807, 2.05) is 19.9 Å². The standard InChI is InChI=1S/C19H26N4O/c1-3-24-14-19-20-15(2)11-18(22-19)21-17-9-10-23(13-17)12-16-7-5-4-6-8-16/h4-8,11,17H,3,9-10,12-14H2,1-2H3,(H,20,21,22). The van der Waals surface area contributed by atoms with Crippen LogP contribution in [-0.2, 0) is 17.9 Å². The molecule has 1 saturated heterocycles. The average Bonchev–Trinajstić information content (AvgIpc) is 3.00. The van der Waals surface area contributed by atoms with Crippen molar-refractivity contribution < 1.29 is 4.74 Å². The zero-order valence-electron chi connectivity index (χ0n) is 14.5. The summed E-state index contributed by atoms with van der Waals surface area (Å²) in [5, 5.41) is 3.57. The van der Waals surface area contributed by atoms with Gasteiger partial charge in [-0.05, 0) is 25.8 Å². The zero-order chi connectivity index (χ0) is 16.8. The Kier molecular flexibility index (Phi) is 5.77. The highest BCUT2D eigenvalue weighted by molar-refractivity contribution is 5.37. The summed E-state index contributed by atoms with van der Waals surface area (Å²) in [5.41, 5.74) is 2.34. The third-order valence-electron chi connectivity index (χ3n) is 4.21. The summed E-state index contributed by atoms with van der Waals surface area (Å²) >= 11 is 0. The first-order chi connectivity index (χ1) is 11.7. The Hall–Kier alpha value is -1.98. The fraction of sp³-hybridized carbons (Fsp3) is 0.474. The first-order valence-electron chi connectivity index (χ1n) is 8.68. The molecular formula is C19H26N4O. The summed E-state index contributed by atoms with van der Waals surface area (Å²) in [4.78, 5) is 11.5. The number of anilines is 1. The summed E-state index contributed by atoms with van der Waals surface area (Å²) in [7, 11) is 0. The molecule has 5 nitrogen and oxygen atoms in total. The van der Waals surface area contributed by atoms with Crippen LogP contribution in [0.1, 0.15) is 30.4 Å². The second-order valence-electron chi connectivity index (χ2n) is 6.30. The molecule has 0 amide bonds. The van der Waals surface area contributed by atoms with Gasteiger partial charge in [0.1, 0.15) is 12.4 Å². The number of aryl methyl sites for hydroxylation is 1. The Morgan fingerprint density at radius 2 is 2.08 bits per heavy atom. The lowest BCUT2D eigenvalue weighted by Gasteiger charge is -2.17. The highest BCUT2D eigenvalue weighted by atomic mass is 16.5. The summed E-state index contributed by atoms with van der Waals surface area (Å²) in [6.07, 6.45) is 1.14. The second-order valence-corrected chi connectivity index (χ2v) is 6.30. The Balaban J connectivity index is 1.56. The van der Waals surface area contributed by atoms with E-state index in [0.717, 1.165) is 43.4 Å². The maximum Gasteiger partial charge on any atom is 0.156 e. The van der Waals surface area contributed by atoms with Crippen molar-refractivity contribution in [3.63, 3.8) is 0 Å². The van der Waals surface area contributed by atoms with E-state index in [1.165, 1.54) is 5.56 Å². The van der Waals surface area contributed by atoms with E-state index in [2.05, 4.69) is 50.5 Å². The highest BCUT2D eigenvalue weighted by Gasteiger charge is 2.22. The normalized spacial score (nSPS) is 18.0. The Morgan fingerprint density at radius 1 is 1.25 bits per heavy atom. The maximum atomic E-state index is 5.42. The van der Waals surface area contributed by atoms with Gasteiger partial charge < -0.3 is 10.1 Å². The molecule has 2 heterocycles.